The van der Waals surface area contributed by atoms with E-state index < -0.39 is 0 Å². The largest absolute Gasteiger partial charge is 0.384 e. The fourth-order valence-electron chi connectivity index (χ4n) is 2.23. The number of methoxy groups -OCH3 is 1. The molecule has 1 aromatic heterocycles. The summed E-state index contributed by atoms with van der Waals surface area (Å²) in [6, 6.07) is 8.19. The van der Waals surface area contributed by atoms with Gasteiger partial charge in [0.25, 0.3) is 0 Å². The maximum absolute atomic E-state index is 5.80. The summed E-state index contributed by atoms with van der Waals surface area (Å²) in [7, 11) is 1.64. The molecule has 0 unspecified atom stereocenters. The number of aromatic nitrogens is 2. The van der Waals surface area contributed by atoms with E-state index in [1.54, 1.807) is 13.2 Å². The highest BCUT2D eigenvalue weighted by Gasteiger charge is 2.05. The predicted molar refractivity (Wildman–Crippen MR) is 75.9 cm³/mol. The Bertz CT molecular complexity index is 561. The molecule has 0 saturated carbocycles. The monoisotopic (exact) mass is 257 g/mol. The van der Waals surface area contributed by atoms with Crippen LogP contribution in [0.2, 0.25) is 0 Å². The predicted octanol–water partition coefficient (Wildman–Crippen LogP) is 2.41. The van der Waals surface area contributed by atoms with Crippen LogP contribution in [0.25, 0.3) is 0 Å². The molecule has 100 valence electrons. The van der Waals surface area contributed by atoms with Crippen molar-refractivity contribution in [1.82, 2.24) is 9.97 Å². The average molecular weight is 257 g/mol. The minimum atomic E-state index is 0.451. The number of hydrogen-bond donors (Lipinski definition) is 1. The van der Waals surface area contributed by atoms with Gasteiger partial charge in [0.2, 0.25) is 0 Å². The van der Waals surface area contributed by atoms with Crippen molar-refractivity contribution in [1.29, 1.82) is 0 Å². The third-order valence-electron chi connectivity index (χ3n) is 2.78. The van der Waals surface area contributed by atoms with Crippen molar-refractivity contribution in [2.24, 2.45) is 0 Å². The lowest BCUT2D eigenvalue weighted by Gasteiger charge is -2.07. The van der Waals surface area contributed by atoms with Crippen molar-refractivity contribution in [2.45, 2.75) is 26.9 Å². The molecule has 0 atom stereocenters. The number of hydrogen-bond acceptors (Lipinski definition) is 4. The molecular weight excluding hydrogens is 238 g/mol. The third-order valence-corrected chi connectivity index (χ3v) is 2.78. The van der Waals surface area contributed by atoms with Crippen LogP contribution in [0.5, 0.6) is 0 Å². The number of nitrogens with two attached hydrogens (primary N) is 1. The van der Waals surface area contributed by atoms with Crippen molar-refractivity contribution >= 4 is 5.82 Å². The smallest absolute Gasteiger partial charge is 0.135 e. The SMILES string of the molecule is COCc1cc(N)nc(Cc2cc(C)cc(C)c2)n1. The summed E-state index contributed by atoms with van der Waals surface area (Å²) in [5, 5.41) is 0. The highest BCUT2D eigenvalue weighted by molar-refractivity contribution is 5.33. The highest BCUT2D eigenvalue weighted by Crippen LogP contribution is 2.13. The van der Waals surface area contributed by atoms with Crippen molar-refractivity contribution in [3.05, 3.63) is 52.5 Å². The molecule has 0 saturated heterocycles. The molecule has 2 N–H and O–H groups in total. The van der Waals surface area contributed by atoms with E-state index in [2.05, 4.69) is 42.0 Å². The summed E-state index contributed by atoms with van der Waals surface area (Å²) in [4.78, 5) is 8.74. The number of aryl methyl sites for hydroxylation is 2. The normalized spacial score (nSPS) is 10.7. The molecular formula is C15H19N3O. The lowest BCUT2D eigenvalue weighted by Crippen LogP contribution is -2.05. The van der Waals surface area contributed by atoms with Crippen LogP contribution in [0.15, 0.2) is 24.3 Å². The molecule has 2 aromatic rings. The Morgan fingerprint density at radius 2 is 1.74 bits per heavy atom. The Balaban J connectivity index is 2.27. The van der Waals surface area contributed by atoms with E-state index in [0.717, 1.165) is 11.5 Å². The third kappa shape index (κ3) is 3.76. The highest BCUT2D eigenvalue weighted by atomic mass is 16.5. The van der Waals surface area contributed by atoms with Crippen LogP contribution in [-0.2, 0) is 17.8 Å². The topological polar surface area (TPSA) is 61.0 Å². The first kappa shape index (κ1) is 13.5. The average Bonchev–Trinajstić information content (AvgIpc) is 2.26. The molecule has 0 aliphatic carbocycles. The summed E-state index contributed by atoms with van der Waals surface area (Å²) in [6.07, 6.45) is 0.685. The second-order valence-electron chi connectivity index (χ2n) is 4.81. The van der Waals surface area contributed by atoms with E-state index >= 15 is 0 Å². The Morgan fingerprint density at radius 3 is 2.37 bits per heavy atom. The van der Waals surface area contributed by atoms with Crippen molar-refractivity contribution in [3.63, 3.8) is 0 Å². The van der Waals surface area contributed by atoms with E-state index in [-0.39, 0.29) is 0 Å². The maximum atomic E-state index is 5.80. The molecule has 1 aromatic carbocycles. The van der Waals surface area contributed by atoms with E-state index in [1.165, 1.54) is 16.7 Å². The van der Waals surface area contributed by atoms with Crippen molar-refractivity contribution in [3.8, 4) is 0 Å². The van der Waals surface area contributed by atoms with Gasteiger partial charge in [0.15, 0.2) is 0 Å². The van der Waals surface area contributed by atoms with Crippen LogP contribution in [0.1, 0.15) is 28.2 Å². The van der Waals surface area contributed by atoms with E-state index in [9.17, 15) is 0 Å². The molecule has 0 radical (unpaired) electrons. The molecule has 0 fully saturated rings. The minimum absolute atomic E-state index is 0.451. The van der Waals surface area contributed by atoms with Gasteiger partial charge < -0.3 is 10.5 Å². The van der Waals surface area contributed by atoms with Gasteiger partial charge in [-0.15, -0.1) is 0 Å². The number of anilines is 1. The number of nitrogens with zero attached hydrogens (tertiary/aromatic N) is 2. The molecule has 4 heteroatoms. The minimum Gasteiger partial charge on any atom is -0.384 e. The lowest BCUT2D eigenvalue weighted by atomic mass is 10.0. The zero-order valence-corrected chi connectivity index (χ0v) is 11.6. The van der Waals surface area contributed by atoms with Gasteiger partial charge in [-0.25, -0.2) is 9.97 Å². The Hall–Kier alpha value is -1.94. The summed E-state index contributed by atoms with van der Waals surface area (Å²) in [6.45, 7) is 4.63. The van der Waals surface area contributed by atoms with Gasteiger partial charge in [-0.2, -0.15) is 0 Å². The van der Waals surface area contributed by atoms with Crippen LogP contribution in [0.4, 0.5) is 5.82 Å². The first-order valence-electron chi connectivity index (χ1n) is 6.25. The van der Waals surface area contributed by atoms with Gasteiger partial charge in [0.05, 0.1) is 12.3 Å². The first-order valence-corrected chi connectivity index (χ1v) is 6.25. The molecule has 0 aliphatic rings. The Kier molecular flexibility index (Phi) is 4.12. The Labute approximate surface area is 113 Å². The molecule has 2 rings (SSSR count). The zero-order valence-electron chi connectivity index (χ0n) is 11.6. The number of benzene rings is 1. The molecule has 0 aliphatic heterocycles. The van der Waals surface area contributed by atoms with Gasteiger partial charge in [0, 0.05) is 19.6 Å². The van der Waals surface area contributed by atoms with Crippen molar-refractivity contribution < 1.29 is 4.74 Å². The summed E-state index contributed by atoms with van der Waals surface area (Å²) in [5.74, 6) is 1.22. The van der Waals surface area contributed by atoms with E-state index in [4.69, 9.17) is 10.5 Å². The molecule has 4 nitrogen and oxygen atoms in total. The lowest BCUT2D eigenvalue weighted by molar-refractivity contribution is 0.181. The van der Waals surface area contributed by atoms with Crippen LogP contribution in [0, 0.1) is 13.8 Å². The first-order chi connectivity index (χ1) is 9.06. The summed E-state index contributed by atoms with van der Waals surface area (Å²) < 4.78 is 5.08. The van der Waals surface area contributed by atoms with E-state index in [1.807, 2.05) is 0 Å². The maximum Gasteiger partial charge on any atom is 0.135 e. The van der Waals surface area contributed by atoms with Crippen molar-refractivity contribution in [2.75, 3.05) is 12.8 Å². The fourth-order valence-corrected chi connectivity index (χ4v) is 2.23. The van der Waals surface area contributed by atoms with Crippen LogP contribution >= 0.6 is 0 Å². The number of ether oxygens (including phenoxy) is 1. The Morgan fingerprint density at radius 1 is 1.05 bits per heavy atom. The second-order valence-corrected chi connectivity index (χ2v) is 4.81. The number of nitrogen functional groups attached to an aromatic ring is 1. The molecule has 1 heterocycles. The molecule has 0 bridgehead atoms. The van der Waals surface area contributed by atoms with Gasteiger partial charge in [-0.1, -0.05) is 29.3 Å². The van der Waals surface area contributed by atoms with Gasteiger partial charge in [0.1, 0.15) is 11.6 Å². The van der Waals surface area contributed by atoms with Gasteiger partial charge in [-0.3, -0.25) is 0 Å². The molecule has 19 heavy (non-hydrogen) atoms. The van der Waals surface area contributed by atoms with Gasteiger partial charge >= 0.3 is 0 Å². The van der Waals surface area contributed by atoms with Gasteiger partial charge in [-0.05, 0) is 19.4 Å². The molecule has 0 amide bonds. The standard InChI is InChI=1S/C15H19N3O/c1-10-4-11(2)6-12(5-10)7-15-17-13(9-19-3)8-14(16)18-15/h4-6,8H,7,9H2,1-3H3,(H2,16,17,18). The van der Waals surface area contributed by atoms with Crippen LogP contribution in [0.3, 0.4) is 0 Å². The fraction of sp³-hybridized carbons (Fsp3) is 0.333. The summed E-state index contributed by atoms with van der Waals surface area (Å²) in [5.41, 5.74) is 10.3. The van der Waals surface area contributed by atoms with Crippen LogP contribution < -0.4 is 5.73 Å². The van der Waals surface area contributed by atoms with E-state index in [0.29, 0.717) is 18.8 Å². The zero-order chi connectivity index (χ0) is 13.8. The second kappa shape index (κ2) is 5.80. The van der Waals surface area contributed by atoms with Crippen LogP contribution in [-0.4, -0.2) is 17.1 Å². The number of rotatable bonds is 4. The molecule has 0 spiro atoms. The summed E-state index contributed by atoms with van der Waals surface area (Å²) >= 11 is 0. The quantitative estimate of drug-likeness (QED) is 0.913.